The third-order valence-electron chi connectivity index (χ3n) is 2.36. The second-order valence-electron chi connectivity index (χ2n) is 3.81. The second-order valence-corrected chi connectivity index (χ2v) is 3.81. The standard InChI is InChI=1S/C10H16N4O4/c1-13(3-4-15)10(18)12-8(9(16)17)7-5-11-14(2)6-7/h5-6,8,15H,3-4H2,1-2H3,(H,12,18)(H,16,17). The van der Waals surface area contributed by atoms with Crippen LogP contribution in [0.2, 0.25) is 0 Å². The topological polar surface area (TPSA) is 108 Å². The molecule has 0 spiro atoms. The number of urea groups is 1. The van der Waals surface area contributed by atoms with Crippen molar-refractivity contribution in [3.8, 4) is 0 Å². The van der Waals surface area contributed by atoms with Crippen LogP contribution in [0.1, 0.15) is 11.6 Å². The van der Waals surface area contributed by atoms with E-state index in [2.05, 4.69) is 10.4 Å². The van der Waals surface area contributed by atoms with E-state index in [1.54, 1.807) is 7.05 Å². The number of aromatic nitrogens is 2. The third kappa shape index (κ3) is 3.45. The van der Waals surface area contributed by atoms with E-state index in [-0.39, 0.29) is 13.2 Å². The average Bonchev–Trinajstić information content (AvgIpc) is 2.72. The molecule has 1 rings (SSSR count). The van der Waals surface area contributed by atoms with E-state index in [0.717, 1.165) is 0 Å². The summed E-state index contributed by atoms with van der Waals surface area (Å²) in [4.78, 5) is 23.9. The fraction of sp³-hybridized carbons (Fsp3) is 0.500. The van der Waals surface area contributed by atoms with Gasteiger partial charge in [0.05, 0.1) is 12.8 Å². The van der Waals surface area contributed by atoms with E-state index < -0.39 is 18.0 Å². The molecule has 1 unspecified atom stereocenters. The van der Waals surface area contributed by atoms with Crippen LogP contribution in [0, 0.1) is 0 Å². The van der Waals surface area contributed by atoms with Crippen LogP contribution in [0.15, 0.2) is 12.4 Å². The van der Waals surface area contributed by atoms with Crippen LogP contribution in [-0.4, -0.2) is 57.1 Å². The summed E-state index contributed by atoms with van der Waals surface area (Å²) >= 11 is 0. The number of carbonyl (C=O) groups is 2. The molecule has 1 atom stereocenters. The molecule has 8 heteroatoms. The molecule has 8 nitrogen and oxygen atoms in total. The Balaban J connectivity index is 2.76. The zero-order valence-corrected chi connectivity index (χ0v) is 10.2. The van der Waals surface area contributed by atoms with Crippen molar-refractivity contribution in [1.29, 1.82) is 0 Å². The number of aliphatic carboxylic acids is 1. The van der Waals surface area contributed by atoms with Gasteiger partial charge in [-0.25, -0.2) is 9.59 Å². The molecule has 1 aromatic rings. The number of amides is 2. The van der Waals surface area contributed by atoms with Gasteiger partial charge >= 0.3 is 12.0 Å². The van der Waals surface area contributed by atoms with Crippen LogP contribution in [0.25, 0.3) is 0 Å². The molecular weight excluding hydrogens is 240 g/mol. The summed E-state index contributed by atoms with van der Waals surface area (Å²) < 4.78 is 1.45. The summed E-state index contributed by atoms with van der Waals surface area (Å²) in [6, 6.07) is -1.73. The number of likely N-dealkylation sites (N-methyl/N-ethyl adjacent to an activating group) is 1. The molecule has 0 aromatic carbocycles. The van der Waals surface area contributed by atoms with Gasteiger partial charge in [0.1, 0.15) is 0 Å². The van der Waals surface area contributed by atoms with Crippen LogP contribution in [0.5, 0.6) is 0 Å². The highest BCUT2D eigenvalue weighted by molar-refractivity contribution is 5.83. The van der Waals surface area contributed by atoms with Gasteiger partial charge in [0.15, 0.2) is 6.04 Å². The lowest BCUT2D eigenvalue weighted by Gasteiger charge is -2.19. The SMILES string of the molecule is CN(CCO)C(=O)NC(C(=O)O)c1cnn(C)c1. The molecular formula is C10H16N4O4. The number of nitrogens with one attached hydrogen (secondary N) is 1. The summed E-state index contributed by atoms with van der Waals surface area (Å²) in [5.74, 6) is -1.17. The second kappa shape index (κ2) is 6.01. The van der Waals surface area contributed by atoms with Crippen molar-refractivity contribution in [3.05, 3.63) is 18.0 Å². The van der Waals surface area contributed by atoms with Crippen LogP contribution in [0.3, 0.4) is 0 Å². The van der Waals surface area contributed by atoms with Gasteiger partial charge in [-0.2, -0.15) is 5.10 Å². The normalized spacial score (nSPS) is 11.9. The first-order valence-corrected chi connectivity index (χ1v) is 5.29. The van der Waals surface area contributed by atoms with Crippen LogP contribution < -0.4 is 5.32 Å². The molecule has 3 N–H and O–H groups in total. The van der Waals surface area contributed by atoms with E-state index in [0.29, 0.717) is 5.56 Å². The van der Waals surface area contributed by atoms with Crippen molar-refractivity contribution < 1.29 is 19.8 Å². The lowest BCUT2D eigenvalue weighted by Crippen LogP contribution is -2.42. The molecule has 1 heterocycles. The van der Waals surface area contributed by atoms with Crippen molar-refractivity contribution in [3.63, 3.8) is 0 Å². The molecule has 18 heavy (non-hydrogen) atoms. The van der Waals surface area contributed by atoms with Crippen LogP contribution in [0.4, 0.5) is 4.79 Å². The van der Waals surface area contributed by atoms with E-state index in [1.807, 2.05) is 0 Å². The fourth-order valence-electron chi connectivity index (χ4n) is 1.36. The first-order valence-electron chi connectivity index (χ1n) is 5.29. The quantitative estimate of drug-likeness (QED) is 0.638. The van der Waals surface area contributed by atoms with E-state index in [4.69, 9.17) is 10.2 Å². The molecule has 0 aliphatic heterocycles. The molecule has 100 valence electrons. The zero-order valence-electron chi connectivity index (χ0n) is 10.2. The minimum Gasteiger partial charge on any atom is -0.479 e. The van der Waals surface area contributed by atoms with E-state index in [9.17, 15) is 9.59 Å². The smallest absolute Gasteiger partial charge is 0.331 e. The van der Waals surface area contributed by atoms with Crippen LogP contribution >= 0.6 is 0 Å². The van der Waals surface area contributed by atoms with E-state index >= 15 is 0 Å². The highest BCUT2D eigenvalue weighted by Gasteiger charge is 2.24. The molecule has 0 fully saturated rings. The number of nitrogens with zero attached hydrogens (tertiary/aromatic N) is 3. The van der Waals surface area contributed by atoms with Crippen molar-refractivity contribution >= 4 is 12.0 Å². The maximum Gasteiger partial charge on any atom is 0.331 e. The maximum atomic E-state index is 11.6. The Morgan fingerprint density at radius 3 is 2.72 bits per heavy atom. The van der Waals surface area contributed by atoms with Gasteiger partial charge in [0.2, 0.25) is 0 Å². The summed E-state index contributed by atoms with van der Waals surface area (Å²) in [6.07, 6.45) is 2.90. The minimum absolute atomic E-state index is 0.130. The molecule has 0 bridgehead atoms. The van der Waals surface area contributed by atoms with Gasteiger partial charge in [0.25, 0.3) is 0 Å². The number of carboxylic acid groups (broad SMARTS) is 1. The fourth-order valence-corrected chi connectivity index (χ4v) is 1.36. The summed E-state index contributed by atoms with van der Waals surface area (Å²) in [5, 5.41) is 24.0. The van der Waals surface area contributed by atoms with Gasteiger partial charge in [0, 0.05) is 32.4 Å². The maximum absolute atomic E-state index is 11.6. The highest BCUT2D eigenvalue weighted by Crippen LogP contribution is 2.12. The number of hydrogen-bond acceptors (Lipinski definition) is 4. The van der Waals surface area contributed by atoms with Gasteiger partial charge in [-0.3, -0.25) is 4.68 Å². The van der Waals surface area contributed by atoms with Crippen molar-refractivity contribution in [1.82, 2.24) is 20.0 Å². The first-order chi connectivity index (χ1) is 8.45. The third-order valence-corrected chi connectivity index (χ3v) is 2.36. The molecule has 1 aromatic heterocycles. The summed E-state index contributed by atoms with van der Waals surface area (Å²) in [6.45, 7) is -0.0558. The predicted octanol–water partition coefficient (Wildman–Crippen LogP) is -0.820. The number of aliphatic hydroxyl groups excluding tert-OH is 1. The largest absolute Gasteiger partial charge is 0.479 e. The Morgan fingerprint density at radius 2 is 2.28 bits per heavy atom. The highest BCUT2D eigenvalue weighted by atomic mass is 16.4. The zero-order chi connectivity index (χ0) is 13.7. The molecule has 0 aliphatic rings. The van der Waals surface area contributed by atoms with E-state index in [1.165, 1.54) is 29.0 Å². The molecule has 0 radical (unpaired) electrons. The Hall–Kier alpha value is -2.09. The molecule has 0 saturated heterocycles. The lowest BCUT2D eigenvalue weighted by molar-refractivity contribution is -0.139. The Kier molecular flexibility index (Phi) is 4.67. The van der Waals surface area contributed by atoms with Gasteiger partial charge in [-0.1, -0.05) is 0 Å². The number of rotatable bonds is 5. The number of hydrogen-bond donors (Lipinski definition) is 3. The number of carboxylic acids is 1. The van der Waals surface area contributed by atoms with Crippen molar-refractivity contribution in [2.24, 2.45) is 7.05 Å². The number of aliphatic hydroxyl groups is 1. The van der Waals surface area contributed by atoms with Crippen molar-refractivity contribution in [2.75, 3.05) is 20.2 Å². The van der Waals surface area contributed by atoms with Gasteiger partial charge < -0.3 is 20.4 Å². The number of carbonyl (C=O) groups excluding carboxylic acids is 1. The summed E-state index contributed by atoms with van der Waals surface area (Å²) in [5.41, 5.74) is 0.385. The molecule has 2 amide bonds. The van der Waals surface area contributed by atoms with Gasteiger partial charge in [-0.05, 0) is 0 Å². The Morgan fingerprint density at radius 1 is 1.61 bits per heavy atom. The minimum atomic E-state index is -1.17. The predicted molar refractivity (Wildman–Crippen MR) is 61.8 cm³/mol. The lowest BCUT2D eigenvalue weighted by atomic mass is 10.1. The van der Waals surface area contributed by atoms with Gasteiger partial charge in [-0.15, -0.1) is 0 Å². The Bertz CT molecular complexity index is 431. The summed E-state index contributed by atoms with van der Waals surface area (Å²) in [7, 11) is 3.12. The van der Waals surface area contributed by atoms with Crippen molar-refractivity contribution in [2.45, 2.75) is 6.04 Å². The number of aryl methyl sites for hydroxylation is 1. The Labute approximate surface area is 104 Å². The first kappa shape index (κ1) is 14.0. The monoisotopic (exact) mass is 256 g/mol. The molecule has 0 saturated carbocycles. The molecule has 0 aliphatic carbocycles. The average molecular weight is 256 g/mol. The van der Waals surface area contributed by atoms with Crippen LogP contribution in [-0.2, 0) is 11.8 Å².